The van der Waals surface area contributed by atoms with Gasteiger partial charge in [0.15, 0.2) is 5.11 Å². The van der Waals surface area contributed by atoms with E-state index in [-0.39, 0.29) is 16.4 Å². The maximum Gasteiger partial charge on any atom is 0.416 e. The molecule has 0 saturated heterocycles. The van der Waals surface area contributed by atoms with E-state index in [2.05, 4.69) is 31.9 Å². The van der Waals surface area contributed by atoms with E-state index in [0.29, 0.717) is 21.5 Å². The monoisotopic (exact) mass is 551 g/mol. The molecule has 0 saturated carbocycles. The predicted molar refractivity (Wildman–Crippen MR) is 130 cm³/mol. The Morgan fingerprint density at radius 2 is 1.53 bits per heavy atom. The molecule has 34 heavy (non-hydrogen) atoms. The normalized spacial score (nSPS) is 10.9. The minimum absolute atomic E-state index is 0.00613. The van der Waals surface area contributed by atoms with Gasteiger partial charge in [0.25, 0.3) is 11.8 Å². The molecule has 0 bridgehead atoms. The molecular weight excluding hydrogens is 535 g/mol. The second-order valence-corrected chi connectivity index (χ2v) is 8.13. The van der Waals surface area contributed by atoms with Gasteiger partial charge in [-0.25, -0.2) is 0 Å². The third kappa shape index (κ3) is 6.55. The van der Waals surface area contributed by atoms with Crippen LogP contribution in [0.2, 0.25) is 0 Å². The number of methoxy groups -OCH3 is 1. The fourth-order valence-electron chi connectivity index (χ4n) is 2.86. The molecule has 0 atom stereocenters. The van der Waals surface area contributed by atoms with Gasteiger partial charge in [-0.3, -0.25) is 14.9 Å². The van der Waals surface area contributed by atoms with Gasteiger partial charge in [0.2, 0.25) is 0 Å². The fraction of sp³-hybridized carbons (Fsp3) is 0.0870. The lowest BCUT2D eigenvalue weighted by Gasteiger charge is -2.12. The number of halogens is 4. The molecule has 3 aromatic carbocycles. The van der Waals surface area contributed by atoms with Gasteiger partial charge in [-0.05, 0) is 82.7 Å². The summed E-state index contributed by atoms with van der Waals surface area (Å²) in [6, 6.07) is 15.2. The van der Waals surface area contributed by atoms with Crippen LogP contribution in [0.15, 0.2) is 71.2 Å². The van der Waals surface area contributed by atoms with Crippen molar-refractivity contribution in [1.29, 1.82) is 0 Å². The van der Waals surface area contributed by atoms with Gasteiger partial charge in [-0.1, -0.05) is 12.1 Å². The Morgan fingerprint density at radius 3 is 2.18 bits per heavy atom. The van der Waals surface area contributed by atoms with Crippen molar-refractivity contribution in [2.24, 2.45) is 0 Å². The van der Waals surface area contributed by atoms with Gasteiger partial charge < -0.3 is 15.4 Å². The average Bonchev–Trinajstić information content (AvgIpc) is 2.78. The van der Waals surface area contributed by atoms with Crippen LogP contribution < -0.4 is 20.7 Å². The van der Waals surface area contributed by atoms with Crippen molar-refractivity contribution >= 4 is 56.4 Å². The first-order valence-corrected chi connectivity index (χ1v) is 10.8. The summed E-state index contributed by atoms with van der Waals surface area (Å²) >= 11 is 8.48. The quantitative estimate of drug-likeness (QED) is 0.346. The van der Waals surface area contributed by atoms with Crippen molar-refractivity contribution in [2.45, 2.75) is 6.18 Å². The highest BCUT2D eigenvalue weighted by Crippen LogP contribution is 2.31. The van der Waals surface area contributed by atoms with Crippen LogP contribution in [-0.4, -0.2) is 24.0 Å². The van der Waals surface area contributed by atoms with E-state index in [1.807, 2.05) is 0 Å². The highest BCUT2D eigenvalue weighted by Gasteiger charge is 2.30. The van der Waals surface area contributed by atoms with Crippen molar-refractivity contribution in [2.75, 3.05) is 17.7 Å². The molecule has 6 nitrogen and oxygen atoms in total. The molecule has 3 aromatic rings. The van der Waals surface area contributed by atoms with E-state index in [1.165, 1.54) is 31.4 Å². The number of alkyl halides is 3. The summed E-state index contributed by atoms with van der Waals surface area (Å²) in [5.74, 6) is -0.502. The molecule has 0 heterocycles. The van der Waals surface area contributed by atoms with Gasteiger partial charge in [0, 0.05) is 22.5 Å². The van der Waals surface area contributed by atoms with Crippen LogP contribution in [0.25, 0.3) is 0 Å². The molecule has 0 aliphatic heterocycles. The van der Waals surface area contributed by atoms with Crippen LogP contribution in [0.4, 0.5) is 24.5 Å². The maximum atomic E-state index is 12.9. The first kappa shape index (κ1) is 25.2. The fourth-order valence-corrected chi connectivity index (χ4v) is 3.61. The van der Waals surface area contributed by atoms with Crippen LogP contribution in [0.1, 0.15) is 26.3 Å². The van der Waals surface area contributed by atoms with Crippen molar-refractivity contribution in [1.82, 2.24) is 5.32 Å². The number of ether oxygens (including phenoxy) is 1. The van der Waals surface area contributed by atoms with Gasteiger partial charge in [-0.15, -0.1) is 0 Å². The summed E-state index contributed by atoms with van der Waals surface area (Å²) < 4.78 is 44.4. The lowest BCUT2D eigenvalue weighted by molar-refractivity contribution is -0.137. The van der Waals surface area contributed by atoms with Gasteiger partial charge in [0.05, 0.1) is 17.1 Å². The second-order valence-electron chi connectivity index (χ2n) is 6.87. The van der Waals surface area contributed by atoms with Crippen LogP contribution in [0.3, 0.4) is 0 Å². The first-order chi connectivity index (χ1) is 16.1. The van der Waals surface area contributed by atoms with Crippen molar-refractivity contribution in [3.05, 3.63) is 87.9 Å². The van der Waals surface area contributed by atoms with E-state index in [4.69, 9.17) is 17.0 Å². The van der Waals surface area contributed by atoms with Gasteiger partial charge in [-0.2, -0.15) is 13.2 Å². The highest BCUT2D eigenvalue weighted by molar-refractivity contribution is 9.10. The molecule has 0 fully saturated rings. The highest BCUT2D eigenvalue weighted by atomic mass is 79.9. The molecule has 0 aromatic heterocycles. The summed E-state index contributed by atoms with van der Waals surface area (Å²) in [4.78, 5) is 25.0. The molecule has 0 radical (unpaired) electrons. The summed E-state index contributed by atoms with van der Waals surface area (Å²) in [7, 11) is 1.51. The molecule has 0 aliphatic carbocycles. The number of anilines is 2. The molecule has 0 aliphatic rings. The van der Waals surface area contributed by atoms with Crippen LogP contribution >= 0.6 is 28.1 Å². The minimum Gasteiger partial charge on any atom is -0.496 e. The number of carbonyl (C=O) groups excluding carboxylic acids is 2. The summed E-state index contributed by atoms with van der Waals surface area (Å²) in [5, 5.41) is 7.76. The number of amides is 2. The predicted octanol–water partition coefficient (Wildman–Crippen LogP) is 5.86. The number of carbonyl (C=O) groups is 2. The van der Waals surface area contributed by atoms with Crippen LogP contribution in [0, 0.1) is 0 Å². The zero-order valence-corrected chi connectivity index (χ0v) is 19.9. The number of benzene rings is 3. The van der Waals surface area contributed by atoms with E-state index in [1.54, 1.807) is 30.3 Å². The summed E-state index contributed by atoms with van der Waals surface area (Å²) in [6.45, 7) is 0. The van der Waals surface area contributed by atoms with E-state index >= 15 is 0 Å². The van der Waals surface area contributed by atoms with Crippen LogP contribution in [-0.2, 0) is 6.18 Å². The van der Waals surface area contributed by atoms with Gasteiger partial charge >= 0.3 is 6.18 Å². The zero-order valence-electron chi connectivity index (χ0n) is 17.5. The lowest BCUT2D eigenvalue weighted by atomic mass is 10.1. The van der Waals surface area contributed by atoms with E-state index in [9.17, 15) is 22.8 Å². The third-order valence-electron chi connectivity index (χ3n) is 4.47. The second kappa shape index (κ2) is 10.7. The number of hydrogen-bond acceptors (Lipinski definition) is 4. The largest absolute Gasteiger partial charge is 0.496 e. The molecule has 0 unspecified atom stereocenters. The topological polar surface area (TPSA) is 79.5 Å². The van der Waals surface area contributed by atoms with Gasteiger partial charge in [0.1, 0.15) is 5.75 Å². The molecular formula is C23H17BrF3N3O3S. The standard InChI is InChI=1S/C23H17BrF3N3O3S/c1-33-19-9-8-14(11-18(19)24)21(32)30-22(34)29-16-6-2-4-13(10-16)20(31)28-17-7-3-5-15(12-17)23(25,26)27/h2-12H,1H3,(H,28,31)(H2,29,30,32,34). The Bertz CT molecular complexity index is 1250. The molecule has 3 N–H and O–H groups in total. The Kier molecular flexibility index (Phi) is 7.90. The average molecular weight is 552 g/mol. The molecule has 0 spiro atoms. The Labute approximate surface area is 206 Å². The Morgan fingerprint density at radius 1 is 0.882 bits per heavy atom. The van der Waals surface area contributed by atoms with Crippen molar-refractivity contribution < 1.29 is 27.5 Å². The third-order valence-corrected chi connectivity index (χ3v) is 5.30. The minimum atomic E-state index is -4.52. The molecule has 11 heteroatoms. The zero-order chi connectivity index (χ0) is 24.9. The van der Waals surface area contributed by atoms with E-state index < -0.39 is 23.6 Å². The van der Waals surface area contributed by atoms with Crippen LogP contribution in [0.5, 0.6) is 5.75 Å². The number of rotatable bonds is 5. The number of thiocarbonyl (C=S) groups is 1. The van der Waals surface area contributed by atoms with Crippen molar-refractivity contribution in [3.8, 4) is 5.75 Å². The maximum absolute atomic E-state index is 12.9. The molecule has 2 amide bonds. The number of nitrogens with one attached hydrogen (secondary N) is 3. The summed E-state index contributed by atoms with van der Waals surface area (Å²) in [5.41, 5.74) is 0.0527. The number of hydrogen-bond donors (Lipinski definition) is 3. The Balaban J connectivity index is 1.65. The van der Waals surface area contributed by atoms with E-state index in [0.717, 1.165) is 12.1 Å². The SMILES string of the molecule is COc1ccc(C(=O)NC(=S)Nc2cccc(C(=O)Nc3cccc(C(F)(F)F)c3)c2)cc1Br. The first-order valence-electron chi connectivity index (χ1n) is 9.61. The Hall–Kier alpha value is -3.44. The smallest absolute Gasteiger partial charge is 0.416 e. The molecule has 3 rings (SSSR count). The van der Waals surface area contributed by atoms with Crippen molar-refractivity contribution in [3.63, 3.8) is 0 Å². The molecule has 176 valence electrons. The summed E-state index contributed by atoms with van der Waals surface area (Å²) in [6.07, 6.45) is -4.52. The lowest BCUT2D eigenvalue weighted by Crippen LogP contribution is -2.34.